The molecule has 0 saturated carbocycles. The SMILES string of the molecule is Cc1ccc2c(c1)[C@H](O)C[C@@H](C)O2. The van der Waals surface area contributed by atoms with Gasteiger partial charge in [0.25, 0.3) is 0 Å². The molecule has 70 valence electrons. The van der Waals surface area contributed by atoms with Gasteiger partial charge in [0.05, 0.1) is 12.2 Å². The van der Waals surface area contributed by atoms with E-state index < -0.39 is 0 Å². The maximum Gasteiger partial charge on any atom is 0.125 e. The van der Waals surface area contributed by atoms with Crippen molar-refractivity contribution in [3.63, 3.8) is 0 Å². The van der Waals surface area contributed by atoms with Crippen molar-refractivity contribution in [2.75, 3.05) is 0 Å². The predicted molar refractivity (Wildman–Crippen MR) is 50.8 cm³/mol. The van der Waals surface area contributed by atoms with Crippen LogP contribution in [0.25, 0.3) is 0 Å². The van der Waals surface area contributed by atoms with Crippen LogP contribution in [0.4, 0.5) is 0 Å². The Balaban J connectivity index is 2.43. The number of hydrogen-bond acceptors (Lipinski definition) is 2. The van der Waals surface area contributed by atoms with Gasteiger partial charge in [-0.2, -0.15) is 0 Å². The van der Waals surface area contributed by atoms with Crippen LogP contribution < -0.4 is 4.74 Å². The highest BCUT2D eigenvalue weighted by Gasteiger charge is 2.23. The lowest BCUT2D eigenvalue weighted by Gasteiger charge is -2.27. The Hall–Kier alpha value is -1.02. The summed E-state index contributed by atoms with van der Waals surface area (Å²) in [4.78, 5) is 0. The van der Waals surface area contributed by atoms with Crippen molar-refractivity contribution in [2.24, 2.45) is 0 Å². The van der Waals surface area contributed by atoms with E-state index in [1.807, 2.05) is 32.0 Å². The number of aliphatic hydroxyl groups excluding tert-OH is 1. The van der Waals surface area contributed by atoms with Crippen LogP contribution in [0.1, 0.15) is 30.6 Å². The second kappa shape index (κ2) is 3.04. The van der Waals surface area contributed by atoms with Crippen LogP contribution in [0.15, 0.2) is 18.2 Å². The van der Waals surface area contributed by atoms with Gasteiger partial charge in [0.2, 0.25) is 0 Å². The molecule has 0 radical (unpaired) electrons. The molecular formula is C11H14O2. The quantitative estimate of drug-likeness (QED) is 0.660. The first-order valence-electron chi connectivity index (χ1n) is 4.62. The van der Waals surface area contributed by atoms with E-state index in [2.05, 4.69) is 0 Å². The summed E-state index contributed by atoms with van der Waals surface area (Å²) in [6.45, 7) is 4.00. The van der Waals surface area contributed by atoms with Gasteiger partial charge in [-0.1, -0.05) is 11.6 Å². The summed E-state index contributed by atoms with van der Waals surface area (Å²) < 4.78 is 5.60. The molecule has 1 aliphatic rings. The maximum absolute atomic E-state index is 9.78. The highest BCUT2D eigenvalue weighted by atomic mass is 16.5. The third-order valence-corrected chi connectivity index (χ3v) is 2.41. The minimum atomic E-state index is -0.362. The summed E-state index contributed by atoms with van der Waals surface area (Å²) in [5.74, 6) is 0.830. The van der Waals surface area contributed by atoms with Crippen molar-refractivity contribution >= 4 is 0 Å². The zero-order valence-electron chi connectivity index (χ0n) is 7.95. The number of hydrogen-bond donors (Lipinski definition) is 1. The van der Waals surface area contributed by atoms with E-state index in [0.29, 0.717) is 6.42 Å². The van der Waals surface area contributed by atoms with Crippen LogP contribution in [0.2, 0.25) is 0 Å². The molecular weight excluding hydrogens is 164 g/mol. The molecule has 13 heavy (non-hydrogen) atoms. The smallest absolute Gasteiger partial charge is 0.125 e. The minimum Gasteiger partial charge on any atom is -0.490 e. The number of rotatable bonds is 0. The molecule has 2 atom stereocenters. The van der Waals surface area contributed by atoms with Crippen LogP contribution in [0.3, 0.4) is 0 Å². The second-order valence-electron chi connectivity index (χ2n) is 3.72. The predicted octanol–water partition coefficient (Wildman–Crippen LogP) is 2.20. The third kappa shape index (κ3) is 1.54. The van der Waals surface area contributed by atoms with E-state index >= 15 is 0 Å². The standard InChI is InChI=1S/C11H14O2/c1-7-3-4-11-9(5-7)10(12)6-8(2)13-11/h3-5,8,10,12H,6H2,1-2H3/t8-,10-/m1/s1. The molecule has 0 spiro atoms. The van der Waals surface area contributed by atoms with Crippen molar-refractivity contribution in [3.05, 3.63) is 29.3 Å². The van der Waals surface area contributed by atoms with Gasteiger partial charge in [-0.3, -0.25) is 0 Å². The maximum atomic E-state index is 9.78. The van der Waals surface area contributed by atoms with Crippen LogP contribution >= 0.6 is 0 Å². The average Bonchev–Trinajstić information content (AvgIpc) is 2.06. The van der Waals surface area contributed by atoms with Crippen LogP contribution in [0.5, 0.6) is 5.75 Å². The second-order valence-corrected chi connectivity index (χ2v) is 3.72. The summed E-state index contributed by atoms with van der Waals surface area (Å²) in [5.41, 5.74) is 2.09. The van der Waals surface area contributed by atoms with Gasteiger partial charge >= 0.3 is 0 Å². The fourth-order valence-corrected chi connectivity index (χ4v) is 1.74. The topological polar surface area (TPSA) is 29.5 Å². The van der Waals surface area contributed by atoms with Crippen LogP contribution in [0, 0.1) is 6.92 Å². The zero-order valence-corrected chi connectivity index (χ0v) is 7.95. The van der Waals surface area contributed by atoms with Crippen molar-refractivity contribution in [2.45, 2.75) is 32.5 Å². The lowest BCUT2D eigenvalue weighted by atomic mass is 9.98. The Kier molecular flexibility index (Phi) is 2.00. The molecule has 0 saturated heterocycles. The number of fused-ring (bicyclic) bond motifs is 1. The Labute approximate surface area is 78.2 Å². The highest BCUT2D eigenvalue weighted by molar-refractivity contribution is 5.39. The van der Waals surface area contributed by atoms with Gasteiger partial charge in [-0.05, 0) is 26.0 Å². The number of ether oxygens (including phenoxy) is 1. The first kappa shape index (κ1) is 8.57. The molecule has 0 aliphatic carbocycles. The van der Waals surface area contributed by atoms with E-state index in [1.54, 1.807) is 0 Å². The summed E-state index contributed by atoms with van der Waals surface area (Å²) in [5, 5.41) is 9.78. The lowest BCUT2D eigenvalue weighted by molar-refractivity contribution is 0.0749. The summed E-state index contributed by atoms with van der Waals surface area (Å²) in [6, 6.07) is 5.93. The fraction of sp³-hybridized carbons (Fsp3) is 0.455. The molecule has 1 heterocycles. The van der Waals surface area contributed by atoms with Gasteiger partial charge in [0.1, 0.15) is 5.75 Å². The number of benzene rings is 1. The molecule has 2 rings (SSSR count). The van der Waals surface area contributed by atoms with Gasteiger partial charge in [-0.25, -0.2) is 0 Å². The molecule has 0 bridgehead atoms. The first-order valence-corrected chi connectivity index (χ1v) is 4.62. The Bertz CT molecular complexity index is 320. The molecule has 1 aromatic rings. The summed E-state index contributed by atoms with van der Waals surface area (Å²) in [6.07, 6.45) is 0.444. The summed E-state index contributed by atoms with van der Waals surface area (Å²) >= 11 is 0. The molecule has 1 N–H and O–H groups in total. The first-order chi connectivity index (χ1) is 6.16. The molecule has 0 fully saturated rings. The number of aryl methyl sites for hydroxylation is 1. The van der Waals surface area contributed by atoms with E-state index in [9.17, 15) is 5.11 Å². The van der Waals surface area contributed by atoms with Gasteiger partial charge in [0, 0.05) is 12.0 Å². The molecule has 1 aromatic carbocycles. The average molecular weight is 178 g/mol. The van der Waals surface area contributed by atoms with E-state index in [4.69, 9.17) is 4.74 Å². The van der Waals surface area contributed by atoms with Gasteiger partial charge in [0.15, 0.2) is 0 Å². The fourth-order valence-electron chi connectivity index (χ4n) is 1.74. The minimum absolute atomic E-state index is 0.116. The Morgan fingerprint density at radius 2 is 2.23 bits per heavy atom. The Morgan fingerprint density at radius 1 is 1.46 bits per heavy atom. The van der Waals surface area contributed by atoms with E-state index in [1.165, 1.54) is 0 Å². The van der Waals surface area contributed by atoms with Gasteiger partial charge < -0.3 is 9.84 Å². The zero-order chi connectivity index (χ0) is 9.42. The van der Waals surface area contributed by atoms with Crippen molar-refractivity contribution in [1.29, 1.82) is 0 Å². The van der Waals surface area contributed by atoms with Crippen molar-refractivity contribution in [3.8, 4) is 5.75 Å². The molecule has 2 nitrogen and oxygen atoms in total. The molecule has 0 unspecified atom stereocenters. The van der Waals surface area contributed by atoms with Crippen molar-refractivity contribution in [1.82, 2.24) is 0 Å². The van der Waals surface area contributed by atoms with Gasteiger partial charge in [-0.15, -0.1) is 0 Å². The third-order valence-electron chi connectivity index (χ3n) is 2.41. The molecule has 1 aliphatic heterocycles. The van der Waals surface area contributed by atoms with E-state index in [0.717, 1.165) is 16.9 Å². The summed E-state index contributed by atoms with van der Waals surface area (Å²) in [7, 11) is 0. The van der Waals surface area contributed by atoms with E-state index in [-0.39, 0.29) is 12.2 Å². The van der Waals surface area contributed by atoms with Crippen LogP contribution in [-0.4, -0.2) is 11.2 Å². The lowest BCUT2D eigenvalue weighted by Crippen LogP contribution is -2.22. The van der Waals surface area contributed by atoms with Crippen molar-refractivity contribution < 1.29 is 9.84 Å². The number of aliphatic hydroxyl groups is 1. The normalized spacial score (nSPS) is 26.4. The highest BCUT2D eigenvalue weighted by Crippen LogP contribution is 2.34. The Morgan fingerprint density at radius 3 is 3.00 bits per heavy atom. The molecule has 0 amide bonds. The van der Waals surface area contributed by atoms with Crippen LogP contribution in [-0.2, 0) is 0 Å². The monoisotopic (exact) mass is 178 g/mol. The largest absolute Gasteiger partial charge is 0.490 e. The molecule has 0 aromatic heterocycles. The molecule has 2 heteroatoms.